The second kappa shape index (κ2) is 8.42. The minimum atomic E-state index is 0.765. The highest BCUT2D eigenvalue weighted by molar-refractivity contribution is 4.95. The number of nitrogens with one attached hydrogen (secondary N) is 1. The first-order valence-corrected chi connectivity index (χ1v) is 8.19. The number of hydrogen-bond acceptors (Lipinski definition) is 3. The standard InChI is InChI=1S/C16H30N4/c1-15(2)13-17-7-5-3-4-6-9-19-11-12-20-10-8-18-16(20)14-19/h8,10,15,17H,3-7,9,11-14H2,1-2H3. The molecule has 0 bridgehead atoms. The van der Waals surface area contributed by atoms with Gasteiger partial charge in [0.2, 0.25) is 0 Å². The Morgan fingerprint density at radius 1 is 1.20 bits per heavy atom. The summed E-state index contributed by atoms with van der Waals surface area (Å²) in [6.07, 6.45) is 9.36. The van der Waals surface area contributed by atoms with Crippen LogP contribution in [0, 0.1) is 5.92 Å². The van der Waals surface area contributed by atoms with Gasteiger partial charge in [-0.25, -0.2) is 4.98 Å². The third kappa shape index (κ3) is 5.25. The smallest absolute Gasteiger partial charge is 0.122 e. The minimum absolute atomic E-state index is 0.765. The Bertz CT molecular complexity index is 372. The van der Waals surface area contributed by atoms with Crippen LogP contribution in [0.15, 0.2) is 12.4 Å². The van der Waals surface area contributed by atoms with Crippen molar-refractivity contribution in [2.75, 3.05) is 26.2 Å². The van der Waals surface area contributed by atoms with Gasteiger partial charge in [-0.05, 0) is 38.4 Å². The average molecular weight is 278 g/mol. The third-order valence-electron chi connectivity index (χ3n) is 3.95. The number of imidazole rings is 1. The van der Waals surface area contributed by atoms with Gasteiger partial charge in [0.15, 0.2) is 0 Å². The lowest BCUT2D eigenvalue weighted by atomic mass is 10.1. The van der Waals surface area contributed by atoms with Crippen LogP contribution in [0.25, 0.3) is 0 Å². The molecule has 20 heavy (non-hydrogen) atoms. The summed E-state index contributed by atoms with van der Waals surface area (Å²) in [5, 5.41) is 3.51. The summed E-state index contributed by atoms with van der Waals surface area (Å²) in [6, 6.07) is 0. The minimum Gasteiger partial charge on any atom is -0.333 e. The van der Waals surface area contributed by atoms with E-state index in [9.17, 15) is 0 Å². The molecule has 2 heterocycles. The largest absolute Gasteiger partial charge is 0.333 e. The Balaban J connectivity index is 1.46. The maximum absolute atomic E-state index is 4.41. The molecule has 0 atom stereocenters. The molecule has 1 aromatic rings. The van der Waals surface area contributed by atoms with Crippen molar-refractivity contribution in [1.82, 2.24) is 19.8 Å². The van der Waals surface area contributed by atoms with Crippen molar-refractivity contribution in [3.05, 3.63) is 18.2 Å². The molecule has 2 rings (SSSR count). The lowest BCUT2D eigenvalue weighted by Gasteiger charge is -2.27. The first kappa shape index (κ1) is 15.5. The fraction of sp³-hybridized carbons (Fsp3) is 0.812. The van der Waals surface area contributed by atoms with Gasteiger partial charge in [-0.3, -0.25) is 4.90 Å². The van der Waals surface area contributed by atoms with E-state index in [0.717, 1.165) is 25.6 Å². The first-order valence-electron chi connectivity index (χ1n) is 8.19. The molecule has 0 fully saturated rings. The molecular weight excluding hydrogens is 248 g/mol. The van der Waals surface area contributed by atoms with Gasteiger partial charge in [-0.1, -0.05) is 26.7 Å². The van der Waals surface area contributed by atoms with E-state index in [1.807, 2.05) is 6.20 Å². The maximum Gasteiger partial charge on any atom is 0.122 e. The van der Waals surface area contributed by atoms with Gasteiger partial charge >= 0.3 is 0 Å². The number of hydrogen-bond donors (Lipinski definition) is 1. The molecular formula is C16H30N4. The van der Waals surface area contributed by atoms with E-state index < -0.39 is 0 Å². The Kier molecular flexibility index (Phi) is 6.54. The topological polar surface area (TPSA) is 33.1 Å². The summed E-state index contributed by atoms with van der Waals surface area (Å²) in [4.78, 5) is 6.95. The summed E-state index contributed by atoms with van der Waals surface area (Å²) in [6.45, 7) is 11.4. The second-order valence-electron chi connectivity index (χ2n) is 6.33. The summed E-state index contributed by atoms with van der Waals surface area (Å²) >= 11 is 0. The molecule has 0 aliphatic carbocycles. The highest BCUT2D eigenvalue weighted by Gasteiger charge is 2.15. The van der Waals surface area contributed by atoms with Crippen LogP contribution >= 0.6 is 0 Å². The van der Waals surface area contributed by atoms with Crippen LogP contribution in [-0.2, 0) is 13.1 Å². The Hall–Kier alpha value is -0.870. The lowest BCUT2D eigenvalue weighted by Crippen LogP contribution is -2.34. The van der Waals surface area contributed by atoms with Crippen LogP contribution in [-0.4, -0.2) is 40.6 Å². The fourth-order valence-corrected chi connectivity index (χ4v) is 2.74. The summed E-state index contributed by atoms with van der Waals surface area (Å²) in [5.74, 6) is 2.00. The summed E-state index contributed by atoms with van der Waals surface area (Å²) < 4.78 is 2.27. The molecule has 0 radical (unpaired) electrons. The second-order valence-corrected chi connectivity index (χ2v) is 6.33. The van der Waals surface area contributed by atoms with Crippen LogP contribution in [0.5, 0.6) is 0 Å². The van der Waals surface area contributed by atoms with Gasteiger partial charge in [-0.2, -0.15) is 0 Å². The quantitative estimate of drug-likeness (QED) is 0.705. The third-order valence-corrected chi connectivity index (χ3v) is 3.95. The molecule has 1 aromatic heterocycles. The van der Waals surface area contributed by atoms with E-state index in [1.54, 1.807) is 0 Å². The normalized spacial score (nSPS) is 15.8. The lowest BCUT2D eigenvalue weighted by molar-refractivity contribution is 0.212. The highest BCUT2D eigenvalue weighted by Crippen LogP contribution is 2.11. The number of aromatic nitrogens is 2. The average Bonchev–Trinajstić information content (AvgIpc) is 2.89. The number of fused-ring (bicyclic) bond motifs is 1. The molecule has 0 saturated carbocycles. The van der Waals surface area contributed by atoms with Crippen molar-refractivity contribution in [2.45, 2.75) is 52.6 Å². The van der Waals surface area contributed by atoms with Crippen LogP contribution < -0.4 is 5.32 Å². The molecule has 1 aliphatic heterocycles. The highest BCUT2D eigenvalue weighted by atomic mass is 15.2. The molecule has 114 valence electrons. The predicted octanol–water partition coefficient (Wildman–Crippen LogP) is 2.50. The molecule has 4 heteroatoms. The van der Waals surface area contributed by atoms with Gasteiger partial charge in [0.1, 0.15) is 5.82 Å². The number of rotatable bonds is 9. The monoisotopic (exact) mass is 278 g/mol. The van der Waals surface area contributed by atoms with Crippen molar-refractivity contribution < 1.29 is 0 Å². The summed E-state index contributed by atoms with van der Waals surface area (Å²) in [5.41, 5.74) is 0. The van der Waals surface area contributed by atoms with Crippen molar-refractivity contribution in [3.8, 4) is 0 Å². The van der Waals surface area contributed by atoms with Crippen molar-refractivity contribution in [2.24, 2.45) is 5.92 Å². The van der Waals surface area contributed by atoms with Crippen molar-refractivity contribution >= 4 is 0 Å². The van der Waals surface area contributed by atoms with Crippen molar-refractivity contribution in [1.29, 1.82) is 0 Å². The molecule has 0 unspecified atom stereocenters. The zero-order valence-corrected chi connectivity index (χ0v) is 13.1. The van der Waals surface area contributed by atoms with Gasteiger partial charge in [0.25, 0.3) is 0 Å². The fourth-order valence-electron chi connectivity index (χ4n) is 2.74. The Morgan fingerprint density at radius 2 is 2.05 bits per heavy atom. The van der Waals surface area contributed by atoms with E-state index in [2.05, 4.69) is 39.8 Å². The number of nitrogens with zero attached hydrogens (tertiary/aromatic N) is 3. The van der Waals surface area contributed by atoms with Crippen LogP contribution in [0.4, 0.5) is 0 Å². The zero-order valence-electron chi connectivity index (χ0n) is 13.1. The molecule has 1 aliphatic rings. The zero-order chi connectivity index (χ0) is 14.2. The van der Waals surface area contributed by atoms with Crippen LogP contribution in [0.2, 0.25) is 0 Å². The molecule has 1 N–H and O–H groups in total. The molecule has 0 saturated heterocycles. The van der Waals surface area contributed by atoms with E-state index in [0.29, 0.717) is 0 Å². The van der Waals surface area contributed by atoms with Crippen molar-refractivity contribution in [3.63, 3.8) is 0 Å². The van der Waals surface area contributed by atoms with Gasteiger partial charge in [-0.15, -0.1) is 0 Å². The van der Waals surface area contributed by atoms with E-state index in [-0.39, 0.29) is 0 Å². The first-order chi connectivity index (χ1) is 9.75. The number of unbranched alkanes of at least 4 members (excludes halogenated alkanes) is 3. The van der Waals surface area contributed by atoms with E-state index in [4.69, 9.17) is 0 Å². The predicted molar refractivity (Wildman–Crippen MR) is 83.7 cm³/mol. The van der Waals surface area contributed by atoms with E-state index in [1.165, 1.54) is 51.1 Å². The molecule has 0 aromatic carbocycles. The van der Waals surface area contributed by atoms with E-state index >= 15 is 0 Å². The van der Waals surface area contributed by atoms with Crippen LogP contribution in [0.1, 0.15) is 45.4 Å². The SMILES string of the molecule is CC(C)CNCCCCCCN1CCn2ccnc2C1. The maximum atomic E-state index is 4.41. The van der Waals surface area contributed by atoms with Crippen LogP contribution in [0.3, 0.4) is 0 Å². The summed E-state index contributed by atoms with van der Waals surface area (Å²) in [7, 11) is 0. The Labute approximate surface area is 123 Å². The molecule has 0 amide bonds. The van der Waals surface area contributed by atoms with Gasteiger partial charge < -0.3 is 9.88 Å². The van der Waals surface area contributed by atoms with Gasteiger partial charge in [0.05, 0.1) is 6.54 Å². The molecule has 0 spiro atoms. The Morgan fingerprint density at radius 3 is 2.90 bits per heavy atom. The van der Waals surface area contributed by atoms with Gasteiger partial charge in [0, 0.05) is 25.5 Å². The molecule has 4 nitrogen and oxygen atoms in total.